The summed E-state index contributed by atoms with van der Waals surface area (Å²) >= 11 is 0. The summed E-state index contributed by atoms with van der Waals surface area (Å²) in [5.41, 5.74) is 0.691. The molecule has 3 heterocycles. The minimum atomic E-state index is -0.445. The van der Waals surface area contributed by atoms with Crippen molar-refractivity contribution in [3.8, 4) is 11.6 Å². The van der Waals surface area contributed by atoms with Gasteiger partial charge in [-0.1, -0.05) is 12.1 Å². The molecule has 1 aromatic carbocycles. The lowest BCUT2D eigenvalue weighted by molar-refractivity contribution is 0.0148. The normalized spacial score (nSPS) is 22.4. The van der Waals surface area contributed by atoms with Crippen LogP contribution in [0.15, 0.2) is 54.9 Å². The van der Waals surface area contributed by atoms with Crippen LogP contribution >= 0.6 is 0 Å². The Balaban J connectivity index is 1.15. The van der Waals surface area contributed by atoms with Crippen LogP contribution in [0.5, 0.6) is 5.88 Å². The molecule has 1 saturated carbocycles. The number of nitrogens with zero attached hydrogens (tertiary/aromatic N) is 4. The first-order chi connectivity index (χ1) is 16.0. The van der Waals surface area contributed by atoms with Crippen molar-refractivity contribution < 1.29 is 18.7 Å². The van der Waals surface area contributed by atoms with Gasteiger partial charge in [-0.05, 0) is 49.8 Å². The molecule has 1 aliphatic heterocycles. The Kier molecular flexibility index (Phi) is 5.62. The number of para-hydroxylation sites is 1. The molecule has 0 radical (unpaired) electrons. The van der Waals surface area contributed by atoms with Gasteiger partial charge in [0.25, 0.3) is 0 Å². The van der Waals surface area contributed by atoms with E-state index in [2.05, 4.69) is 15.4 Å². The number of carbonyl (C=O) groups is 1. The summed E-state index contributed by atoms with van der Waals surface area (Å²) in [6.45, 7) is 1.30. The predicted molar refractivity (Wildman–Crippen MR) is 121 cm³/mol. The molecule has 8 nitrogen and oxygen atoms in total. The summed E-state index contributed by atoms with van der Waals surface area (Å²) < 4.78 is 26.4. The average molecular weight is 452 g/mol. The molecule has 1 N–H and O–H groups in total. The van der Waals surface area contributed by atoms with Gasteiger partial charge >= 0.3 is 6.09 Å². The van der Waals surface area contributed by atoms with E-state index < -0.39 is 5.60 Å². The van der Waals surface area contributed by atoms with Crippen LogP contribution in [0.25, 0.3) is 5.69 Å². The van der Waals surface area contributed by atoms with E-state index in [0.29, 0.717) is 35.5 Å². The molecule has 0 atom stereocenters. The third-order valence-corrected chi connectivity index (χ3v) is 6.49. The van der Waals surface area contributed by atoms with Crippen LogP contribution in [-0.4, -0.2) is 46.7 Å². The number of hydrogen-bond donors (Lipinski definition) is 1. The van der Waals surface area contributed by atoms with Crippen LogP contribution in [0, 0.1) is 11.7 Å². The number of pyridine rings is 1. The molecule has 5 rings (SSSR count). The zero-order valence-corrected chi connectivity index (χ0v) is 18.4. The van der Waals surface area contributed by atoms with Gasteiger partial charge in [0.05, 0.1) is 25.5 Å². The fourth-order valence-corrected chi connectivity index (χ4v) is 4.58. The SMILES string of the molecule is COc1ccc(N2C[C@]3(CC[C@@H](CNc4ccn(-c5ccccc5F)n4)CC3)OC2=O)cn1. The molecule has 3 aromatic rings. The second kappa shape index (κ2) is 8.73. The van der Waals surface area contributed by atoms with Gasteiger partial charge in [0.2, 0.25) is 5.88 Å². The topological polar surface area (TPSA) is 81.5 Å². The smallest absolute Gasteiger partial charge is 0.415 e. The van der Waals surface area contributed by atoms with Crippen LogP contribution in [0.3, 0.4) is 0 Å². The summed E-state index contributed by atoms with van der Waals surface area (Å²) in [4.78, 5) is 18.4. The van der Waals surface area contributed by atoms with E-state index in [1.165, 1.54) is 10.7 Å². The Morgan fingerprint density at radius 2 is 2.03 bits per heavy atom. The van der Waals surface area contributed by atoms with E-state index >= 15 is 0 Å². The number of benzene rings is 1. The van der Waals surface area contributed by atoms with Crippen molar-refractivity contribution in [2.75, 3.05) is 30.4 Å². The first kappa shape index (κ1) is 21.2. The Morgan fingerprint density at radius 1 is 1.21 bits per heavy atom. The van der Waals surface area contributed by atoms with E-state index in [1.54, 1.807) is 48.7 Å². The molecular formula is C24H26FN5O3. The molecule has 9 heteroatoms. The maximum absolute atomic E-state index is 14.0. The zero-order valence-electron chi connectivity index (χ0n) is 18.4. The number of nitrogens with one attached hydrogen (secondary N) is 1. The van der Waals surface area contributed by atoms with Crippen molar-refractivity contribution >= 4 is 17.6 Å². The number of ether oxygens (including phenoxy) is 2. The van der Waals surface area contributed by atoms with E-state index in [4.69, 9.17) is 9.47 Å². The second-order valence-corrected chi connectivity index (χ2v) is 8.62. The molecule has 1 amide bonds. The summed E-state index contributed by atoms with van der Waals surface area (Å²) in [5.74, 6) is 1.36. The van der Waals surface area contributed by atoms with Crippen molar-refractivity contribution in [3.63, 3.8) is 0 Å². The molecular weight excluding hydrogens is 425 g/mol. The Bertz CT molecular complexity index is 1130. The molecule has 172 valence electrons. The van der Waals surface area contributed by atoms with Crippen molar-refractivity contribution in [2.45, 2.75) is 31.3 Å². The molecule has 33 heavy (non-hydrogen) atoms. The van der Waals surface area contributed by atoms with Crippen molar-refractivity contribution in [1.82, 2.24) is 14.8 Å². The van der Waals surface area contributed by atoms with Gasteiger partial charge in [-0.25, -0.2) is 18.9 Å². The number of halogens is 1. The maximum atomic E-state index is 14.0. The van der Waals surface area contributed by atoms with Crippen LogP contribution < -0.4 is 15.0 Å². The van der Waals surface area contributed by atoms with Gasteiger partial charge in [0.1, 0.15) is 22.9 Å². The van der Waals surface area contributed by atoms with Crippen molar-refractivity contribution in [1.29, 1.82) is 0 Å². The van der Waals surface area contributed by atoms with Crippen molar-refractivity contribution in [2.24, 2.45) is 5.92 Å². The average Bonchev–Trinajstić information content (AvgIpc) is 3.44. The number of aromatic nitrogens is 3. The van der Waals surface area contributed by atoms with Gasteiger partial charge < -0.3 is 14.8 Å². The fraction of sp³-hybridized carbons (Fsp3) is 0.375. The van der Waals surface area contributed by atoms with Gasteiger partial charge in [0, 0.05) is 24.9 Å². The highest BCUT2D eigenvalue weighted by Crippen LogP contribution is 2.40. The van der Waals surface area contributed by atoms with Crippen LogP contribution in [0.1, 0.15) is 25.7 Å². The molecule has 2 fully saturated rings. The highest BCUT2D eigenvalue weighted by atomic mass is 19.1. The standard InChI is InChI=1S/C24H26FN5O3/c1-32-22-7-6-18(15-27-22)29-16-24(33-23(29)31)11-8-17(9-12-24)14-26-21-10-13-30(28-21)20-5-3-2-4-19(20)25/h2-7,10,13,15,17H,8-9,11-12,14,16H2,1H3,(H,26,28)/t17-,24-. The monoisotopic (exact) mass is 451 g/mol. The Labute approximate surface area is 191 Å². The Morgan fingerprint density at radius 3 is 2.76 bits per heavy atom. The minimum Gasteiger partial charge on any atom is -0.481 e. The number of carbonyl (C=O) groups excluding carboxylic acids is 1. The summed E-state index contributed by atoms with van der Waals surface area (Å²) in [7, 11) is 1.56. The molecule has 0 unspecified atom stereocenters. The lowest BCUT2D eigenvalue weighted by Gasteiger charge is -2.35. The lowest BCUT2D eigenvalue weighted by atomic mass is 9.78. The number of anilines is 2. The van der Waals surface area contributed by atoms with Crippen molar-refractivity contribution in [3.05, 3.63) is 60.7 Å². The van der Waals surface area contributed by atoms with Gasteiger partial charge in [-0.3, -0.25) is 4.90 Å². The number of amides is 1. The molecule has 1 saturated heterocycles. The minimum absolute atomic E-state index is 0.310. The van der Waals surface area contributed by atoms with Crippen LogP contribution in [0.2, 0.25) is 0 Å². The van der Waals surface area contributed by atoms with Crippen LogP contribution in [0.4, 0.5) is 20.7 Å². The molecule has 2 aliphatic rings. The van der Waals surface area contributed by atoms with E-state index in [1.807, 2.05) is 12.1 Å². The second-order valence-electron chi connectivity index (χ2n) is 8.62. The molecule has 0 bridgehead atoms. The van der Waals surface area contributed by atoms with E-state index in [9.17, 15) is 9.18 Å². The molecule has 1 spiro atoms. The summed E-state index contributed by atoms with van der Waals surface area (Å²) in [6, 6.07) is 12.0. The summed E-state index contributed by atoms with van der Waals surface area (Å²) in [5, 5.41) is 7.80. The van der Waals surface area contributed by atoms with Gasteiger partial charge in [0.15, 0.2) is 0 Å². The first-order valence-electron chi connectivity index (χ1n) is 11.1. The predicted octanol–water partition coefficient (Wildman–Crippen LogP) is 4.41. The largest absolute Gasteiger partial charge is 0.481 e. The number of methoxy groups -OCH3 is 1. The molecule has 1 aliphatic carbocycles. The highest BCUT2D eigenvalue weighted by molar-refractivity contribution is 5.90. The van der Waals surface area contributed by atoms with Gasteiger partial charge in [-0.2, -0.15) is 5.10 Å². The number of rotatable bonds is 6. The maximum Gasteiger partial charge on any atom is 0.415 e. The third-order valence-electron chi connectivity index (χ3n) is 6.49. The lowest BCUT2D eigenvalue weighted by Crippen LogP contribution is -2.39. The van der Waals surface area contributed by atoms with E-state index in [-0.39, 0.29) is 11.9 Å². The van der Waals surface area contributed by atoms with Crippen LogP contribution in [-0.2, 0) is 4.74 Å². The first-order valence-corrected chi connectivity index (χ1v) is 11.1. The fourth-order valence-electron chi connectivity index (χ4n) is 4.58. The Hall–Kier alpha value is -3.62. The van der Waals surface area contributed by atoms with E-state index in [0.717, 1.165) is 32.2 Å². The number of hydrogen-bond acceptors (Lipinski definition) is 6. The highest BCUT2D eigenvalue weighted by Gasteiger charge is 2.47. The quantitative estimate of drug-likeness (QED) is 0.598. The summed E-state index contributed by atoms with van der Waals surface area (Å²) in [6.07, 6.45) is 6.58. The third kappa shape index (κ3) is 4.35. The molecule has 2 aromatic heterocycles. The zero-order chi connectivity index (χ0) is 22.8. The van der Waals surface area contributed by atoms with Gasteiger partial charge in [-0.15, -0.1) is 0 Å².